The summed E-state index contributed by atoms with van der Waals surface area (Å²) in [6.45, 7) is 19.8. The van der Waals surface area contributed by atoms with Gasteiger partial charge in [-0.25, -0.2) is 4.79 Å². The number of nitrogens with one attached hydrogen (secondary N) is 2. The Morgan fingerprint density at radius 2 is 1.51 bits per heavy atom. The molecule has 2 N–H and O–H groups in total. The van der Waals surface area contributed by atoms with Gasteiger partial charge in [-0.3, -0.25) is 9.59 Å². The molecule has 2 unspecified atom stereocenters. The average Bonchev–Trinajstić information content (AvgIpc) is 2.77. The van der Waals surface area contributed by atoms with Gasteiger partial charge in [-0.2, -0.15) is 0 Å². The zero-order valence-electron chi connectivity index (χ0n) is 26.3. The first kappa shape index (κ1) is 34.5. The number of ether oxygens (including phenoxy) is 1. The number of carbonyl (C=O) groups excluding carboxylic acids is 3. The van der Waals surface area contributed by atoms with Gasteiger partial charge in [-0.15, -0.1) is 0 Å². The molecule has 0 bridgehead atoms. The van der Waals surface area contributed by atoms with Gasteiger partial charge in [-0.05, 0) is 78.4 Å². The van der Waals surface area contributed by atoms with Gasteiger partial charge in [0.15, 0.2) is 0 Å². The fraction of sp³-hybridized carbons (Fsp3) is 0.719. The number of nitrogens with zero attached hydrogens (tertiary/aromatic N) is 1. The molecule has 1 rings (SSSR count). The number of alkyl carbamates (subject to hydrolysis) is 1. The molecular formula is C32H55N3O4. The lowest BCUT2D eigenvalue weighted by atomic mass is 9.95. The van der Waals surface area contributed by atoms with Gasteiger partial charge in [0.05, 0.1) is 0 Å². The van der Waals surface area contributed by atoms with Gasteiger partial charge in [0.25, 0.3) is 0 Å². The topological polar surface area (TPSA) is 87.7 Å². The van der Waals surface area contributed by atoms with Crippen LogP contribution in [-0.2, 0) is 14.3 Å². The van der Waals surface area contributed by atoms with Crippen molar-refractivity contribution in [2.24, 2.45) is 5.92 Å². The highest BCUT2D eigenvalue weighted by Gasteiger charge is 2.37. The van der Waals surface area contributed by atoms with Crippen LogP contribution in [0, 0.1) is 12.8 Å². The SMILES string of the molecule is CCCCCCCCN(C(=O)C(CC(C)C)NC(=O)OC(C)(C)C)C(C(=O)NC(C)(C)C)c1ccccc1C. The second-order valence-electron chi connectivity index (χ2n) is 13.1. The summed E-state index contributed by atoms with van der Waals surface area (Å²) < 4.78 is 5.49. The maximum absolute atomic E-state index is 14.3. The summed E-state index contributed by atoms with van der Waals surface area (Å²) in [5, 5.41) is 5.93. The molecule has 0 aromatic heterocycles. The van der Waals surface area contributed by atoms with Gasteiger partial charge in [0.2, 0.25) is 11.8 Å². The third-order valence-corrected chi connectivity index (χ3v) is 6.27. The van der Waals surface area contributed by atoms with E-state index in [2.05, 4.69) is 17.6 Å². The lowest BCUT2D eigenvalue weighted by molar-refractivity contribution is -0.143. The Kier molecular flexibility index (Phi) is 14.0. The molecule has 0 aliphatic heterocycles. The molecule has 222 valence electrons. The van der Waals surface area contributed by atoms with Crippen molar-refractivity contribution in [3.8, 4) is 0 Å². The Morgan fingerprint density at radius 1 is 0.923 bits per heavy atom. The van der Waals surface area contributed by atoms with Crippen molar-refractivity contribution in [3.05, 3.63) is 35.4 Å². The second kappa shape index (κ2) is 15.9. The van der Waals surface area contributed by atoms with E-state index in [9.17, 15) is 14.4 Å². The van der Waals surface area contributed by atoms with Crippen LogP contribution < -0.4 is 10.6 Å². The molecule has 1 aromatic carbocycles. The molecule has 0 heterocycles. The zero-order valence-corrected chi connectivity index (χ0v) is 26.3. The lowest BCUT2D eigenvalue weighted by Crippen LogP contribution is -2.55. The highest BCUT2D eigenvalue weighted by Crippen LogP contribution is 2.28. The first-order valence-corrected chi connectivity index (χ1v) is 14.7. The molecular weight excluding hydrogens is 490 g/mol. The van der Waals surface area contributed by atoms with Crippen LogP contribution in [0.2, 0.25) is 0 Å². The Morgan fingerprint density at radius 3 is 2.05 bits per heavy atom. The van der Waals surface area contributed by atoms with Crippen molar-refractivity contribution in [3.63, 3.8) is 0 Å². The maximum Gasteiger partial charge on any atom is 0.408 e. The number of unbranched alkanes of at least 4 members (excludes halogenated alkanes) is 5. The largest absolute Gasteiger partial charge is 0.444 e. The van der Waals surface area contributed by atoms with Crippen LogP contribution in [0.15, 0.2) is 24.3 Å². The Balaban J connectivity index is 3.49. The van der Waals surface area contributed by atoms with E-state index in [1.807, 2.05) is 65.8 Å². The normalized spacial score (nSPS) is 13.5. The Hall–Kier alpha value is -2.57. The van der Waals surface area contributed by atoms with Crippen molar-refractivity contribution in [2.45, 2.75) is 137 Å². The number of hydrogen-bond acceptors (Lipinski definition) is 4. The van der Waals surface area contributed by atoms with Crippen LogP contribution >= 0.6 is 0 Å². The van der Waals surface area contributed by atoms with Crippen molar-refractivity contribution >= 4 is 17.9 Å². The summed E-state index contributed by atoms with van der Waals surface area (Å²) in [7, 11) is 0. The van der Waals surface area contributed by atoms with Crippen molar-refractivity contribution < 1.29 is 19.1 Å². The number of amides is 3. The average molecular weight is 546 g/mol. The second-order valence-corrected chi connectivity index (χ2v) is 13.1. The van der Waals surface area contributed by atoms with Crippen LogP contribution in [0.1, 0.15) is 124 Å². The van der Waals surface area contributed by atoms with Crippen molar-refractivity contribution in [1.82, 2.24) is 15.5 Å². The van der Waals surface area contributed by atoms with Crippen LogP contribution in [0.5, 0.6) is 0 Å². The smallest absolute Gasteiger partial charge is 0.408 e. The van der Waals surface area contributed by atoms with E-state index >= 15 is 0 Å². The third-order valence-electron chi connectivity index (χ3n) is 6.27. The van der Waals surface area contributed by atoms with E-state index in [1.165, 1.54) is 12.8 Å². The Labute approximate surface area is 237 Å². The molecule has 0 saturated heterocycles. The lowest BCUT2D eigenvalue weighted by Gasteiger charge is -2.37. The van der Waals surface area contributed by atoms with Gasteiger partial charge in [0, 0.05) is 12.1 Å². The molecule has 2 atom stereocenters. The summed E-state index contributed by atoms with van der Waals surface area (Å²) in [6, 6.07) is 6.09. The molecule has 1 aromatic rings. The number of benzene rings is 1. The monoisotopic (exact) mass is 545 g/mol. The van der Waals surface area contributed by atoms with E-state index in [4.69, 9.17) is 4.74 Å². The van der Waals surface area contributed by atoms with Crippen LogP contribution in [0.25, 0.3) is 0 Å². The van der Waals surface area contributed by atoms with Gasteiger partial charge in [0.1, 0.15) is 17.7 Å². The molecule has 3 amide bonds. The molecule has 7 nitrogen and oxygen atoms in total. The maximum atomic E-state index is 14.3. The molecule has 39 heavy (non-hydrogen) atoms. The number of aryl methyl sites for hydroxylation is 1. The van der Waals surface area contributed by atoms with Crippen LogP contribution in [-0.4, -0.2) is 46.5 Å². The van der Waals surface area contributed by atoms with E-state index in [0.717, 1.165) is 36.8 Å². The number of carbonyl (C=O) groups is 3. The summed E-state index contributed by atoms with van der Waals surface area (Å²) in [6.07, 6.45) is 6.16. The molecule has 0 spiro atoms. The minimum atomic E-state index is -0.816. The predicted molar refractivity (Wildman–Crippen MR) is 160 cm³/mol. The van der Waals surface area contributed by atoms with Crippen LogP contribution in [0.4, 0.5) is 4.79 Å². The quantitative estimate of drug-likeness (QED) is 0.245. The zero-order chi connectivity index (χ0) is 29.8. The molecule has 7 heteroatoms. The standard InChI is InChI=1S/C32H55N3O4/c1-11-12-13-14-15-18-21-35(29(37)26(22-23(2)3)33-30(38)39-32(8,9)10)27(28(36)34-31(5,6)7)25-20-17-16-19-24(25)4/h16-17,19-20,23,26-27H,11-15,18,21-22H2,1-10H3,(H,33,38)(H,34,36). The van der Waals surface area contributed by atoms with E-state index in [-0.39, 0.29) is 17.7 Å². The van der Waals surface area contributed by atoms with Gasteiger partial charge in [-0.1, -0.05) is 77.1 Å². The van der Waals surface area contributed by atoms with Crippen molar-refractivity contribution in [2.75, 3.05) is 6.54 Å². The molecule has 0 saturated carbocycles. The third kappa shape index (κ3) is 13.4. The minimum Gasteiger partial charge on any atom is -0.444 e. The molecule has 0 aliphatic rings. The summed E-state index contributed by atoms with van der Waals surface area (Å²) in [5.74, 6) is -0.345. The molecule has 0 aliphatic carbocycles. The summed E-state index contributed by atoms with van der Waals surface area (Å²) in [5.41, 5.74) is 0.565. The number of hydrogen-bond donors (Lipinski definition) is 2. The fourth-order valence-corrected chi connectivity index (χ4v) is 4.55. The minimum absolute atomic E-state index is 0.144. The highest BCUT2D eigenvalue weighted by atomic mass is 16.6. The predicted octanol–water partition coefficient (Wildman–Crippen LogP) is 7.08. The molecule has 0 fully saturated rings. The van der Waals surface area contributed by atoms with Crippen molar-refractivity contribution in [1.29, 1.82) is 0 Å². The van der Waals surface area contributed by atoms with E-state index in [0.29, 0.717) is 13.0 Å². The first-order valence-electron chi connectivity index (χ1n) is 14.7. The first-order chi connectivity index (χ1) is 18.1. The van der Waals surface area contributed by atoms with Gasteiger partial charge >= 0.3 is 6.09 Å². The fourth-order valence-electron chi connectivity index (χ4n) is 4.55. The number of rotatable bonds is 14. The highest BCUT2D eigenvalue weighted by molar-refractivity contribution is 5.92. The van der Waals surface area contributed by atoms with E-state index < -0.39 is 29.3 Å². The summed E-state index contributed by atoms with van der Waals surface area (Å²) in [4.78, 5) is 42.6. The Bertz CT molecular complexity index is 915. The van der Waals surface area contributed by atoms with E-state index in [1.54, 1.807) is 25.7 Å². The van der Waals surface area contributed by atoms with Crippen LogP contribution in [0.3, 0.4) is 0 Å². The summed E-state index contributed by atoms with van der Waals surface area (Å²) >= 11 is 0. The van der Waals surface area contributed by atoms with Gasteiger partial charge < -0.3 is 20.3 Å². The molecule has 0 radical (unpaired) electrons.